The van der Waals surface area contributed by atoms with Crippen molar-refractivity contribution in [2.75, 3.05) is 13.7 Å². The molecule has 3 nitrogen and oxygen atoms in total. The van der Waals surface area contributed by atoms with Gasteiger partial charge in [-0.25, -0.2) is 4.79 Å². The van der Waals surface area contributed by atoms with Crippen LogP contribution in [0.15, 0.2) is 30.3 Å². The number of carbonyl (C=O) groups is 1. The summed E-state index contributed by atoms with van der Waals surface area (Å²) in [5, 5.41) is 0. The lowest BCUT2D eigenvalue weighted by Gasteiger charge is -2.14. The Morgan fingerprint density at radius 3 is 2.67 bits per heavy atom. The molecule has 0 amide bonds. The van der Waals surface area contributed by atoms with E-state index in [4.69, 9.17) is 11.2 Å². The van der Waals surface area contributed by atoms with Gasteiger partial charge in [0.05, 0.1) is 7.11 Å². The van der Waals surface area contributed by atoms with E-state index in [1.54, 1.807) is 12.1 Å². The number of carbonyl (C=O) groups excluding carboxylic acids is 1. The first-order valence-corrected chi connectivity index (χ1v) is 4.47. The summed E-state index contributed by atoms with van der Waals surface area (Å²) in [6.45, 7) is 0.0780. The molecule has 0 N–H and O–H groups in total. The topological polar surface area (TPSA) is 35.5 Å². The van der Waals surface area contributed by atoms with Crippen LogP contribution in [-0.4, -0.2) is 19.7 Å². The molecule has 0 radical (unpaired) electrons. The van der Waals surface area contributed by atoms with Crippen LogP contribution in [0.5, 0.6) is 0 Å². The Balaban J connectivity index is 2.82. The fourth-order valence-electron chi connectivity index (χ4n) is 1.17. The summed E-state index contributed by atoms with van der Waals surface area (Å²) in [5.74, 6) is 1.87. The molecule has 0 saturated carbocycles. The van der Waals surface area contributed by atoms with Gasteiger partial charge < -0.3 is 9.47 Å². The van der Waals surface area contributed by atoms with Crippen molar-refractivity contribution in [3.05, 3.63) is 35.9 Å². The first-order valence-electron chi connectivity index (χ1n) is 4.47. The summed E-state index contributed by atoms with van der Waals surface area (Å²) in [7, 11) is 1.32. The molecule has 0 aliphatic heterocycles. The Bertz CT molecular complexity index is 351. The average molecular weight is 204 g/mol. The average Bonchev–Trinajstić information content (AvgIpc) is 2.30. The largest absolute Gasteiger partial charge is 0.467 e. The molecule has 0 spiro atoms. The highest BCUT2D eigenvalue weighted by Gasteiger charge is 2.21. The molecule has 1 aromatic rings. The third-order valence-electron chi connectivity index (χ3n) is 1.85. The molecule has 1 atom stereocenters. The standard InChI is InChI=1S/C12H12O3/c1-3-9-15-11(12(13)14-2)10-7-5-4-6-8-10/h1,4-8,11H,9H2,2H3. The van der Waals surface area contributed by atoms with Gasteiger partial charge in [0.2, 0.25) is 0 Å². The predicted molar refractivity (Wildman–Crippen MR) is 56.0 cm³/mol. The molecule has 1 rings (SSSR count). The maximum absolute atomic E-state index is 11.4. The van der Waals surface area contributed by atoms with Crippen LogP contribution in [0.1, 0.15) is 11.7 Å². The van der Waals surface area contributed by atoms with Crippen molar-refractivity contribution in [1.82, 2.24) is 0 Å². The minimum Gasteiger partial charge on any atom is -0.467 e. The van der Waals surface area contributed by atoms with E-state index in [9.17, 15) is 4.79 Å². The predicted octanol–water partition coefficient (Wildman–Crippen LogP) is 1.55. The lowest BCUT2D eigenvalue weighted by Crippen LogP contribution is -2.17. The molecule has 1 aromatic carbocycles. The molecule has 0 aliphatic rings. The van der Waals surface area contributed by atoms with Crippen molar-refractivity contribution in [2.24, 2.45) is 0 Å². The van der Waals surface area contributed by atoms with Gasteiger partial charge in [-0.1, -0.05) is 36.3 Å². The first-order chi connectivity index (χ1) is 7.29. The van der Waals surface area contributed by atoms with Gasteiger partial charge in [-0.2, -0.15) is 0 Å². The SMILES string of the molecule is C#CCOC(C(=O)OC)c1ccccc1. The Morgan fingerprint density at radius 1 is 1.47 bits per heavy atom. The molecule has 0 heterocycles. The van der Waals surface area contributed by atoms with E-state index in [-0.39, 0.29) is 6.61 Å². The van der Waals surface area contributed by atoms with Crippen LogP contribution in [-0.2, 0) is 14.3 Å². The number of hydrogen-bond donors (Lipinski definition) is 0. The fourth-order valence-corrected chi connectivity index (χ4v) is 1.17. The molecule has 0 saturated heterocycles. The molecule has 1 unspecified atom stereocenters. The number of hydrogen-bond acceptors (Lipinski definition) is 3. The Kier molecular flexibility index (Phi) is 4.39. The smallest absolute Gasteiger partial charge is 0.339 e. The highest BCUT2D eigenvalue weighted by molar-refractivity contribution is 5.76. The van der Waals surface area contributed by atoms with E-state index in [1.165, 1.54) is 7.11 Å². The zero-order chi connectivity index (χ0) is 11.1. The van der Waals surface area contributed by atoms with Crippen molar-refractivity contribution >= 4 is 5.97 Å². The molecule has 3 heteroatoms. The second-order valence-electron chi connectivity index (χ2n) is 2.83. The number of rotatable bonds is 4. The van der Waals surface area contributed by atoms with Gasteiger partial charge in [-0.15, -0.1) is 6.42 Å². The monoisotopic (exact) mass is 204 g/mol. The van der Waals surface area contributed by atoms with E-state index in [0.29, 0.717) is 0 Å². The third kappa shape index (κ3) is 3.12. The fraction of sp³-hybridized carbons (Fsp3) is 0.250. The summed E-state index contributed by atoms with van der Waals surface area (Å²) in [4.78, 5) is 11.4. The molecule has 0 fully saturated rings. The Morgan fingerprint density at radius 2 is 2.13 bits per heavy atom. The van der Waals surface area contributed by atoms with Gasteiger partial charge in [-0.05, 0) is 5.56 Å². The van der Waals surface area contributed by atoms with Gasteiger partial charge in [-0.3, -0.25) is 0 Å². The number of benzene rings is 1. The second-order valence-corrected chi connectivity index (χ2v) is 2.83. The van der Waals surface area contributed by atoms with Crippen molar-refractivity contribution in [3.8, 4) is 12.3 Å². The maximum Gasteiger partial charge on any atom is 0.339 e. The van der Waals surface area contributed by atoms with E-state index in [1.807, 2.05) is 18.2 Å². The van der Waals surface area contributed by atoms with Crippen LogP contribution in [0.2, 0.25) is 0 Å². The number of methoxy groups -OCH3 is 1. The Hall–Kier alpha value is -1.79. The third-order valence-corrected chi connectivity index (χ3v) is 1.85. The highest BCUT2D eigenvalue weighted by Crippen LogP contribution is 2.18. The van der Waals surface area contributed by atoms with Crippen molar-refractivity contribution in [2.45, 2.75) is 6.10 Å². The molecular formula is C12H12O3. The highest BCUT2D eigenvalue weighted by atomic mass is 16.6. The van der Waals surface area contributed by atoms with Crippen LogP contribution in [0, 0.1) is 12.3 Å². The number of esters is 1. The summed E-state index contributed by atoms with van der Waals surface area (Å²) in [6, 6.07) is 9.09. The number of ether oxygens (including phenoxy) is 2. The van der Waals surface area contributed by atoms with E-state index in [2.05, 4.69) is 10.7 Å². The van der Waals surface area contributed by atoms with E-state index >= 15 is 0 Å². The maximum atomic E-state index is 11.4. The minimum absolute atomic E-state index is 0.0780. The van der Waals surface area contributed by atoms with Crippen LogP contribution in [0.4, 0.5) is 0 Å². The molecule has 78 valence electrons. The zero-order valence-corrected chi connectivity index (χ0v) is 8.47. The summed E-state index contributed by atoms with van der Waals surface area (Å²) in [6.07, 6.45) is 4.33. The van der Waals surface area contributed by atoms with Gasteiger partial charge in [0, 0.05) is 0 Å². The summed E-state index contributed by atoms with van der Waals surface area (Å²) < 4.78 is 9.85. The molecule has 0 bridgehead atoms. The van der Waals surface area contributed by atoms with E-state index < -0.39 is 12.1 Å². The van der Waals surface area contributed by atoms with E-state index in [0.717, 1.165) is 5.56 Å². The van der Waals surface area contributed by atoms with Gasteiger partial charge in [0.1, 0.15) is 6.61 Å². The van der Waals surface area contributed by atoms with Crippen molar-refractivity contribution in [3.63, 3.8) is 0 Å². The summed E-state index contributed by atoms with van der Waals surface area (Å²) >= 11 is 0. The van der Waals surface area contributed by atoms with Crippen LogP contribution >= 0.6 is 0 Å². The quantitative estimate of drug-likeness (QED) is 0.551. The van der Waals surface area contributed by atoms with Gasteiger partial charge in [0.25, 0.3) is 0 Å². The van der Waals surface area contributed by atoms with Gasteiger partial charge >= 0.3 is 5.97 Å². The molecule has 0 aromatic heterocycles. The lowest BCUT2D eigenvalue weighted by molar-refractivity contribution is -0.153. The number of terminal acetylenes is 1. The van der Waals surface area contributed by atoms with Crippen LogP contribution in [0.3, 0.4) is 0 Å². The molecule has 15 heavy (non-hydrogen) atoms. The molecule has 0 aliphatic carbocycles. The first kappa shape index (κ1) is 11.3. The van der Waals surface area contributed by atoms with Crippen LogP contribution < -0.4 is 0 Å². The molecular weight excluding hydrogens is 192 g/mol. The normalized spacial score (nSPS) is 11.5. The van der Waals surface area contributed by atoms with Gasteiger partial charge in [0.15, 0.2) is 6.10 Å². The van der Waals surface area contributed by atoms with Crippen molar-refractivity contribution in [1.29, 1.82) is 0 Å². The lowest BCUT2D eigenvalue weighted by atomic mass is 10.1. The summed E-state index contributed by atoms with van der Waals surface area (Å²) in [5.41, 5.74) is 0.736. The van der Waals surface area contributed by atoms with Crippen LogP contribution in [0.25, 0.3) is 0 Å². The Labute approximate surface area is 89.0 Å². The van der Waals surface area contributed by atoms with Crippen molar-refractivity contribution < 1.29 is 14.3 Å². The minimum atomic E-state index is -0.743. The zero-order valence-electron chi connectivity index (χ0n) is 8.47. The second kappa shape index (κ2) is 5.84.